The molecular weight excluding hydrogens is 254 g/mol. The highest BCUT2D eigenvalue weighted by Crippen LogP contribution is 2.19. The maximum Gasteiger partial charge on any atom is 0.223 e. The summed E-state index contributed by atoms with van der Waals surface area (Å²) < 4.78 is 2.01. The first-order chi connectivity index (χ1) is 9.74. The summed E-state index contributed by atoms with van der Waals surface area (Å²) in [5.41, 5.74) is 5.64. The smallest absolute Gasteiger partial charge is 0.223 e. The molecule has 6 nitrogen and oxygen atoms in total. The minimum atomic E-state index is 0.234. The van der Waals surface area contributed by atoms with Crippen molar-refractivity contribution in [3.8, 4) is 0 Å². The van der Waals surface area contributed by atoms with Crippen LogP contribution in [0.5, 0.6) is 0 Å². The second-order valence-corrected chi connectivity index (χ2v) is 5.53. The maximum atomic E-state index is 12.3. The van der Waals surface area contributed by atoms with E-state index in [1.165, 1.54) is 6.42 Å². The van der Waals surface area contributed by atoms with Crippen molar-refractivity contribution in [1.82, 2.24) is 19.7 Å². The van der Waals surface area contributed by atoms with Crippen molar-refractivity contribution in [2.45, 2.75) is 52.1 Å². The molecule has 1 atom stereocenters. The minimum Gasteiger partial charge on any atom is -0.333 e. The van der Waals surface area contributed by atoms with E-state index in [0.717, 1.165) is 38.2 Å². The van der Waals surface area contributed by atoms with Gasteiger partial charge in [0.15, 0.2) is 5.82 Å². The molecule has 0 saturated heterocycles. The van der Waals surface area contributed by atoms with E-state index in [4.69, 9.17) is 5.73 Å². The zero-order valence-corrected chi connectivity index (χ0v) is 12.3. The first-order valence-corrected chi connectivity index (χ1v) is 7.59. The Hall–Kier alpha value is -1.43. The molecule has 1 aromatic rings. The lowest BCUT2D eigenvalue weighted by atomic mass is 9.94. The molecule has 1 unspecified atom stereocenters. The van der Waals surface area contributed by atoms with Crippen LogP contribution in [0, 0.1) is 5.92 Å². The number of amides is 1. The van der Waals surface area contributed by atoms with Crippen LogP contribution in [0.1, 0.15) is 44.9 Å². The van der Waals surface area contributed by atoms with Gasteiger partial charge in [0.2, 0.25) is 5.91 Å². The predicted molar refractivity (Wildman–Crippen MR) is 76.7 cm³/mol. The topological polar surface area (TPSA) is 77.0 Å². The molecule has 112 valence electrons. The van der Waals surface area contributed by atoms with Crippen LogP contribution in [-0.2, 0) is 17.9 Å². The van der Waals surface area contributed by atoms with Gasteiger partial charge in [-0.15, -0.1) is 10.2 Å². The zero-order valence-electron chi connectivity index (χ0n) is 12.3. The molecule has 1 aromatic heterocycles. The second-order valence-electron chi connectivity index (χ2n) is 5.53. The van der Waals surface area contributed by atoms with Crippen LogP contribution in [0.4, 0.5) is 0 Å². The van der Waals surface area contributed by atoms with Gasteiger partial charge < -0.3 is 15.2 Å². The Kier molecular flexibility index (Phi) is 5.52. The van der Waals surface area contributed by atoms with Gasteiger partial charge in [-0.3, -0.25) is 4.79 Å². The van der Waals surface area contributed by atoms with Gasteiger partial charge in [-0.1, -0.05) is 19.8 Å². The van der Waals surface area contributed by atoms with Gasteiger partial charge in [-0.25, -0.2) is 0 Å². The Morgan fingerprint density at radius 1 is 1.40 bits per heavy atom. The van der Waals surface area contributed by atoms with Crippen LogP contribution in [0.3, 0.4) is 0 Å². The molecule has 1 aliphatic rings. The second kappa shape index (κ2) is 7.38. The highest BCUT2D eigenvalue weighted by Gasteiger charge is 2.22. The van der Waals surface area contributed by atoms with Gasteiger partial charge in [0.25, 0.3) is 0 Å². The van der Waals surface area contributed by atoms with E-state index in [2.05, 4.69) is 17.1 Å². The molecular formula is C14H25N5O. The Labute approximate surface area is 120 Å². The summed E-state index contributed by atoms with van der Waals surface area (Å²) >= 11 is 0. The Morgan fingerprint density at radius 2 is 2.25 bits per heavy atom. The average molecular weight is 279 g/mol. The van der Waals surface area contributed by atoms with E-state index in [1.54, 1.807) is 6.33 Å². The molecule has 1 aliphatic heterocycles. The molecule has 0 aliphatic carbocycles. The third-order valence-electron chi connectivity index (χ3n) is 4.03. The normalized spacial score (nSPS) is 16.0. The van der Waals surface area contributed by atoms with Gasteiger partial charge in [0.1, 0.15) is 6.33 Å². The van der Waals surface area contributed by atoms with Crippen LogP contribution in [0.2, 0.25) is 0 Å². The van der Waals surface area contributed by atoms with Crippen LogP contribution in [0.25, 0.3) is 0 Å². The quantitative estimate of drug-likeness (QED) is 0.812. The van der Waals surface area contributed by atoms with Gasteiger partial charge in [0, 0.05) is 19.5 Å². The lowest BCUT2D eigenvalue weighted by molar-refractivity contribution is -0.133. The maximum absolute atomic E-state index is 12.3. The fourth-order valence-corrected chi connectivity index (χ4v) is 2.84. The van der Waals surface area contributed by atoms with E-state index in [-0.39, 0.29) is 5.91 Å². The summed E-state index contributed by atoms with van der Waals surface area (Å²) in [6.45, 7) is 5.05. The zero-order chi connectivity index (χ0) is 14.4. The number of carbonyl (C=O) groups excluding carboxylic acids is 1. The molecule has 0 aromatic carbocycles. The first kappa shape index (κ1) is 15.0. The van der Waals surface area contributed by atoms with Gasteiger partial charge in [-0.05, 0) is 25.3 Å². The molecule has 2 rings (SSSR count). The third-order valence-corrected chi connectivity index (χ3v) is 4.03. The number of carbonyl (C=O) groups is 1. The predicted octanol–water partition coefficient (Wildman–Crippen LogP) is 1.17. The Bertz CT molecular complexity index is 425. The average Bonchev–Trinajstić information content (AvgIpc) is 2.92. The molecule has 0 fully saturated rings. The summed E-state index contributed by atoms with van der Waals surface area (Å²) in [6.07, 6.45) is 6.65. The first-order valence-electron chi connectivity index (χ1n) is 7.59. The van der Waals surface area contributed by atoms with Gasteiger partial charge in [0.05, 0.1) is 6.54 Å². The lowest BCUT2D eigenvalue weighted by Gasteiger charge is -2.27. The Balaban J connectivity index is 1.80. The van der Waals surface area contributed by atoms with Crippen molar-refractivity contribution in [3.05, 3.63) is 12.2 Å². The molecule has 6 heteroatoms. The lowest BCUT2D eigenvalue weighted by Crippen LogP contribution is -2.38. The minimum absolute atomic E-state index is 0.234. The number of nitrogens with two attached hydrogens (primary N) is 1. The fourth-order valence-electron chi connectivity index (χ4n) is 2.84. The molecule has 0 spiro atoms. The molecule has 0 radical (unpaired) electrons. The summed E-state index contributed by atoms with van der Waals surface area (Å²) in [6, 6.07) is 0. The van der Waals surface area contributed by atoms with Crippen LogP contribution in [0.15, 0.2) is 6.33 Å². The van der Waals surface area contributed by atoms with Crippen LogP contribution < -0.4 is 5.73 Å². The van der Waals surface area contributed by atoms with E-state index in [0.29, 0.717) is 25.4 Å². The largest absolute Gasteiger partial charge is 0.333 e. The number of nitrogens with zero attached hydrogens (tertiary/aromatic N) is 4. The highest BCUT2D eigenvalue weighted by molar-refractivity contribution is 5.76. The van der Waals surface area contributed by atoms with Crippen molar-refractivity contribution in [3.63, 3.8) is 0 Å². The molecule has 2 heterocycles. The summed E-state index contributed by atoms with van der Waals surface area (Å²) in [4.78, 5) is 14.2. The molecule has 2 N–H and O–H groups in total. The number of hydrogen-bond donors (Lipinski definition) is 1. The van der Waals surface area contributed by atoms with E-state index < -0.39 is 0 Å². The Morgan fingerprint density at radius 3 is 3.00 bits per heavy atom. The van der Waals surface area contributed by atoms with Crippen molar-refractivity contribution < 1.29 is 4.79 Å². The summed E-state index contributed by atoms with van der Waals surface area (Å²) in [7, 11) is 0. The van der Waals surface area contributed by atoms with Crippen molar-refractivity contribution in [1.29, 1.82) is 0 Å². The number of hydrogen-bond acceptors (Lipinski definition) is 4. The van der Waals surface area contributed by atoms with E-state index in [9.17, 15) is 4.79 Å². The van der Waals surface area contributed by atoms with Crippen LogP contribution >= 0.6 is 0 Å². The van der Waals surface area contributed by atoms with E-state index in [1.807, 2.05) is 9.47 Å². The number of fused-ring (bicyclic) bond motifs is 1. The summed E-state index contributed by atoms with van der Waals surface area (Å²) in [5.74, 6) is 1.71. The standard InChI is InChI=1S/C14H25N5O/c1-2-3-12(6-7-15)4-5-14(20)18-8-9-19-11-16-17-13(19)10-18/h11-12H,2-10,15H2,1H3. The molecule has 0 saturated carbocycles. The highest BCUT2D eigenvalue weighted by atomic mass is 16.2. The fraction of sp³-hybridized carbons (Fsp3) is 0.786. The number of aromatic nitrogens is 3. The molecule has 20 heavy (non-hydrogen) atoms. The van der Waals surface area contributed by atoms with Crippen LogP contribution in [-0.4, -0.2) is 38.7 Å². The molecule has 1 amide bonds. The van der Waals surface area contributed by atoms with Gasteiger partial charge >= 0.3 is 0 Å². The molecule has 0 bridgehead atoms. The SMILES string of the molecule is CCCC(CCN)CCC(=O)N1CCn2cnnc2C1. The third kappa shape index (κ3) is 3.79. The van der Waals surface area contributed by atoms with Crippen molar-refractivity contribution >= 4 is 5.91 Å². The summed E-state index contributed by atoms with van der Waals surface area (Å²) in [5, 5.41) is 7.93. The van der Waals surface area contributed by atoms with Crippen molar-refractivity contribution in [2.24, 2.45) is 11.7 Å². The monoisotopic (exact) mass is 279 g/mol. The van der Waals surface area contributed by atoms with Gasteiger partial charge in [-0.2, -0.15) is 0 Å². The van der Waals surface area contributed by atoms with Crippen molar-refractivity contribution in [2.75, 3.05) is 13.1 Å². The number of rotatable bonds is 7. The van der Waals surface area contributed by atoms with E-state index >= 15 is 0 Å².